The van der Waals surface area contributed by atoms with E-state index in [1.165, 1.54) is 12.1 Å². The molecule has 0 atom stereocenters. The highest BCUT2D eigenvalue weighted by Gasteiger charge is 2.18. The number of hydrogen-bond acceptors (Lipinski definition) is 1. The molecule has 0 fully saturated rings. The van der Waals surface area contributed by atoms with Gasteiger partial charge in [0.15, 0.2) is 5.78 Å². The molecule has 0 aromatic heterocycles. The SMILES string of the molecule is Cc1ccc(C(=O)c2c(Cl)cc(Cl)cc2Cl)cc1Cl. The summed E-state index contributed by atoms with van der Waals surface area (Å²) in [6.07, 6.45) is 0. The maximum absolute atomic E-state index is 12.4. The van der Waals surface area contributed by atoms with Gasteiger partial charge in [-0.25, -0.2) is 0 Å². The molecule has 0 radical (unpaired) electrons. The van der Waals surface area contributed by atoms with E-state index >= 15 is 0 Å². The number of halogens is 4. The van der Waals surface area contributed by atoms with E-state index in [2.05, 4.69) is 0 Å². The van der Waals surface area contributed by atoms with Crippen LogP contribution < -0.4 is 0 Å². The molecule has 0 amide bonds. The van der Waals surface area contributed by atoms with Crippen LogP contribution in [0.4, 0.5) is 0 Å². The highest BCUT2D eigenvalue weighted by molar-refractivity contribution is 6.43. The Morgan fingerprint density at radius 3 is 2.00 bits per heavy atom. The summed E-state index contributed by atoms with van der Waals surface area (Å²) in [4.78, 5) is 12.4. The van der Waals surface area contributed by atoms with Crippen molar-refractivity contribution in [3.05, 3.63) is 67.1 Å². The molecule has 0 N–H and O–H groups in total. The van der Waals surface area contributed by atoms with Crippen molar-refractivity contribution in [3.63, 3.8) is 0 Å². The van der Waals surface area contributed by atoms with E-state index in [-0.39, 0.29) is 21.4 Å². The summed E-state index contributed by atoms with van der Waals surface area (Å²) in [5.41, 5.74) is 1.56. The fourth-order valence-electron chi connectivity index (χ4n) is 1.64. The van der Waals surface area contributed by atoms with Crippen molar-refractivity contribution < 1.29 is 4.79 Å². The Hall–Kier alpha value is -0.730. The van der Waals surface area contributed by atoms with Crippen molar-refractivity contribution >= 4 is 52.2 Å². The Labute approximate surface area is 131 Å². The molecule has 0 aliphatic heterocycles. The highest BCUT2D eigenvalue weighted by atomic mass is 35.5. The fraction of sp³-hybridized carbons (Fsp3) is 0.0714. The highest BCUT2D eigenvalue weighted by Crippen LogP contribution is 2.31. The third-order valence-electron chi connectivity index (χ3n) is 2.67. The van der Waals surface area contributed by atoms with E-state index in [9.17, 15) is 4.79 Å². The summed E-state index contributed by atoms with van der Waals surface area (Å²) in [6.45, 7) is 1.86. The van der Waals surface area contributed by atoms with Crippen LogP contribution in [0.1, 0.15) is 21.5 Å². The van der Waals surface area contributed by atoms with Crippen LogP contribution in [0, 0.1) is 6.92 Å². The summed E-state index contributed by atoms with van der Waals surface area (Å²) in [7, 11) is 0. The lowest BCUT2D eigenvalue weighted by atomic mass is 10.0. The van der Waals surface area contributed by atoms with Crippen LogP contribution in [0.15, 0.2) is 30.3 Å². The second kappa shape index (κ2) is 5.72. The number of carbonyl (C=O) groups excluding carboxylic acids is 1. The molecule has 2 rings (SSSR count). The summed E-state index contributed by atoms with van der Waals surface area (Å²) < 4.78 is 0. The molecule has 1 nitrogen and oxygen atoms in total. The quantitative estimate of drug-likeness (QED) is 0.631. The van der Waals surface area contributed by atoms with E-state index in [1.807, 2.05) is 6.92 Å². The fourth-order valence-corrected chi connectivity index (χ4v) is 2.81. The van der Waals surface area contributed by atoms with Gasteiger partial charge >= 0.3 is 0 Å². The number of ketones is 1. The van der Waals surface area contributed by atoms with Gasteiger partial charge in [0.05, 0.1) is 15.6 Å². The number of aryl methyl sites for hydroxylation is 1. The third-order valence-corrected chi connectivity index (χ3v) is 3.89. The lowest BCUT2D eigenvalue weighted by Gasteiger charge is -2.08. The number of benzene rings is 2. The largest absolute Gasteiger partial charge is 0.288 e. The summed E-state index contributed by atoms with van der Waals surface area (Å²) in [6, 6.07) is 8.02. The molecule has 0 aliphatic carbocycles. The second-order valence-corrected chi connectivity index (χ2v) is 5.70. The summed E-state index contributed by atoms with van der Waals surface area (Å²) in [5.74, 6) is -0.284. The number of carbonyl (C=O) groups is 1. The molecule has 0 bridgehead atoms. The van der Waals surface area contributed by atoms with Gasteiger partial charge in [-0.2, -0.15) is 0 Å². The second-order valence-electron chi connectivity index (χ2n) is 4.04. The molecule has 98 valence electrons. The van der Waals surface area contributed by atoms with E-state index in [0.29, 0.717) is 15.6 Å². The van der Waals surface area contributed by atoms with Crippen LogP contribution in [0.25, 0.3) is 0 Å². The molecule has 0 spiro atoms. The minimum Gasteiger partial charge on any atom is -0.288 e. The first kappa shape index (κ1) is 14.7. The molecule has 0 saturated carbocycles. The van der Waals surface area contributed by atoms with Crippen molar-refractivity contribution in [3.8, 4) is 0 Å². The van der Waals surface area contributed by atoms with Crippen LogP contribution >= 0.6 is 46.4 Å². The Morgan fingerprint density at radius 1 is 0.895 bits per heavy atom. The minimum absolute atomic E-state index is 0.221. The molecule has 0 aliphatic rings. The van der Waals surface area contributed by atoms with Gasteiger partial charge in [-0.05, 0) is 30.7 Å². The molecule has 0 unspecified atom stereocenters. The lowest BCUT2D eigenvalue weighted by molar-refractivity contribution is 0.103. The van der Waals surface area contributed by atoms with E-state index in [0.717, 1.165) is 5.56 Å². The van der Waals surface area contributed by atoms with E-state index in [4.69, 9.17) is 46.4 Å². The van der Waals surface area contributed by atoms with E-state index < -0.39 is 0 Å². The Balaban J connectivity index is 2.53. The van der Waals surface area contributed by atoms with Gasteiger partial charge in [-0.15, -0.1) is 0 Å². The Kier molecular flexibility index (Phi) is 4.42. The topological polar surface area (TPSA) is 17.1 Å². The molecular weight excluding hydrogens is 326 g/mol. The van der Waals surface area contributed by atoms with Crippen LogP contribution in [-0.2, 0) is 0 Å². The van der Waals surface area contributed by atoms with Gasteiger partial charge < -0.3 is 0 Å². The number of hydrogen-bond donors (Lipinski definition) is 0. The predicted octanol–water partition coefficient (Wildman–Crippen LogP) is 5.84. The van der Waals surface area contributed by atoms with Gasteiger partial charge in [-0.1, -0.05) is 58.5 Å². The molecule has 2 aromatic rings. The van der Waals surface area contributed by atoms with Crippen molar-refractivity contribution in [2.24, 2.45) is 0 Å². The van der Waals surface area contributed by atoms with Gasteiger partial charge in [0, 0.05) is 15.6 Å². The van der Waals surface area contributed by atoms with Crippen molar-refractivity contribution in [2.45, 2.75) is 6.92 Å². The van der Waals surface area contributed by atoms with Crippen LogP contribution in [0.5, 0.6) is 0 Å². The van der Waals surface area contributed by atoms with E-state index in [1.54, 1.807) is 18.2 Å². The minimum atomic E-state index is -0.284. The average molecular weight is 334 g/mol. The van der Waals surface area contributed by atoms with Crippen LogP contribution in [0.3, 0.4) is 0 Å². The van der Waals surface area contributed by atoms with Gasteiger partial charge in [0.25, 0.3) is 0 Å². The maximum atomic E-state index is 12.4. The first-order chi connectivity index (χ1) is 8.90. The van der Waals surface area contributed by atoms with Crippen LogP contribution in [-0.4, -0.2) is 5.78 Å². The Morgan fingerprint density at radius 2 is 1.47 bits per heavy atom. The van der Waals surface area contributed by atoms with Gasteiger partial charge in [0.2, 0.25) is 0 Å². The van der Waals surface area contributed by atoms with Crippen molar-refractivity contribution in [2.75, 3.05) is 0 Å². The van der Waals surface area contributed by atoms with Gasteiger partial charge in [-0.3, -0.25) is 4.79 Å². The molecule has 0 saturated heterocycles. The molecule has 2 aromatic carbocycles. The number of rotatable bonds is 2. The molecule has 0 heterocycles. The first-order valence-electron chi connectivity index (χ1n) is 5.35. The zero-order valence-corrected chi connectivity index (χ0v) is 12.8. The normalized spacial score (nSPS) is 10.6. The zero-order chi connectivity index (χ0) is 14.2. The first-order valence-corrected chi connectivity index (χ1v) is 6.86. The monoisotopic (exact) mass is 332 g/mol. The zero-order valence-electron chi connectivity index (χ0n) is 9.81. The van der Waals surface area contributed by atoms with Crippen molar-refractivity contribution in [1.82, 2.24) is 0 Å². The Bertz CT molecular complexity index is 641. The van der Waals surface area contributed by atoms with Gasteiger partial charge in [0.1, 0.15) is 0 Å². The predicted molar refractivity (Wildman–Crippen MR) is 81.1 cm³/mol. The van der Waals surface area contributed by atoms with Crippen molar-refractivity contribution in [1.29, 1.82) is 0 Å². The lowest BCUT2D eigenvalue weighted by Crippen LogP contribution is -2.03. The average Bonchev–Trinajstić information content (AvgIpc) is 2.31. The smallest absolute Gasteiger partial charge is 0.196 e. The molecule has 5 heteroatoms. The maximum Gasteiger partial charge on any atom is 0.196 e. The standard InChI is InChI=1S/C14H8Cl4O/c1-7-2-3-8(4-10(7)16)14(19)13-11(17)5-9(15)6-12(13)18/h2-6H,1H3. The third kappa shape index (κ3) is 3.06. The summed E-state index contributed by atoms with van der Waals surface area (Å²) in [5, 5.41) is 1.35. The molecule has 19 heavy (non-hydrogen) atoms. The summed E-state index contributed by atoms with van der Waals surface area (Å²) >= 11 is 23.9. The van der Waals surface area contributed by atoms with Crippen LogP contribution in [0.2, 0.25) is 20.1 Å². The molecular formula is C14H8Cl4O.